The van der Waals surface area contributed by atoms with Crippen LogP contribution in [0.2, 0.25) is 0 Å². The standard InChI is InChI=1S/C15H23NO3/c1-4-15(5-2,10-17)9-16-14(19)12-6-7-13(18)11(3)8-12/h6-8,17-18H,4-5,9-10H2,1-3H3,(H,16,19). The maximum atomic E-state index is 12.0. The minimum absolute atomic E-state index is 0.0644. The van der Waals surface area contributed by atoms with E-state index >= 15 is 0 Å². The molecule has 0 bridgehead atoms. The van der Waals surface area contributed by atoms with Crippen LogP contribution in [0.15, 0.2) is 18.2 Å². The van der Waals surface area contributed by atoms with E-state index in [0.29, 0.717) is 17.7 Å². The molecule has 0 fully saturated rings. The van der Waals surface area contributed by atoms with E-state index in [1.165, 1.54) is 6.07 Å². The zero-order chi connectivity index (χ0) is 14.5. The fourth-order valence-electron chi connectivity index (χ4n) is 1.95. The molecule has 106 valence electrons. The first-order chi connectivity index (χ1) is 8.98. The highest BCUT2D eigenvalue weighted by Crippen LogP contribution is 2.24. The first kappa shape index (κ1) is 15.5. The van der Waals surface area contributed by atoms with Crippen LogP contribution in [0.4, 0.5) is 0 Å². The molecular weight excluding hydrogens is 242 g/mol. The summed E-state index contributed by atoms with van der Waals surface area (Å²) in [6.07, 6.45) is 1.63. The van der Waals surface area contributed by atoms with Crippen molar-refractivity contribution >= 4 is 5.91 Å². The maximum Gasteiger partial charge on any atom is 0.251 e. The third-order valence-electron chi connectivity index (χ3n) is 3.92. The van der Waals surface area contributed by atoms with Crippen molar-refractivity contribution in [2.75, 3.05) is 13.2 Å². The number of aliphatic hydroxyl groups excluding tert-OH is 1. The van der Waals surface area contributed by atoms with Crippen molar-refractivity contribution < 1.29 is 15.0 Å². The van der Waals surface area contributed by atoms with Gasteiger partial charge in [-0.25, -0.2) is 0 Å². The maximum absolute atomic E-state index is 12.0. The number of aliphatic hydroxyl groups is 1. The Morgan fingerprint density at radius 3 is 2.42 bits per heavy atom. The SMILES string of the molecule is CCC(CC)(CO)CNC(=O)c1ccc(O)c(C)c1. The van der Waals surface area contributed by atoms with E-state index in [4.69, 9.17) is 0 Å². The normalized spacial score (nSPS) is 11.4. The topological polar surface area (TPSA) is 69.6 Å². The van der Waals surface area contributed by atoms with Gasteiger partial charge in [-0.1, -0.05) is 13.8 Å². The van der Waals surface area contributed by atoms with Crippen molar-refractivity contribution in [2.24, 2.45) is 5.41 Å². The summed E-state index contributed by atoms with van der Waals surface area (Å²) in [7, 11) is 0. The monoisotopic (exact) mass is 265 g/mol. The smallest absolute Gasteiger partial charge is 0.251 e. The number of carbonyl (C=O) groups excluding carboxylic acids is 1. The molecule has 1 aromatic carbocycles. The van der Waals surface area contributed by atoms with E-state index in [9.17, 15) is 15.0 Å². The molecular formula is C15H23NO3. The Hall–Kier alpha value is -1.55. The van der Waals surface area contributed by atoms with Crippen molar-refractivity contribution in [3.05, 3.63) is 29.3 Å². The Bertz CT molecular complexity index is 431. The molecule has 1 amide bonds. The number of aromatic hydroxyl groups is 1. The highest BCUT2D eigenvalue weighted by Gasteiger charge is 2.25. The number of carbonyl (C=O) groups is 1. The second-order valence-corrected chi connectivity index (χ2v) is 5.05. The summed E-state index contributed by atoms with van der Waals surface area (Å²) in [4.78, 5) is 12.0. The number of hydrogen-bond acceptors (Lipinski definition) is 3. The summed E-state index contributed by atoms with van der Waals surface area (Å²) < 4.78 is 0. The third-order valence-corrected chi connectivity index (χ3v) is 3.92. The minimum atomic E-state index is -0.248. The Morgan fingerprint density at radius 2 is 1.95 bits per heavy atom. The van der Waals surface area contributed by atoms with Crippen molar-refractivity contribution in [1.29, 1.82) is 0 Å². The fraction of sp³-hybridized carbons (Fsp3) is 0.533. The number of amides is 1. The van der Waals surface area contributed by atoms with Crippen LogP contribution < -0.4 is 5.32 Å². The summed E-state index contributed by atoms with van der Waals surface area (Å²) >= 11 is 0. The van der Waals surface area contributed by atoms with Crippen molar-refractivity contribution in [3.63, 3.8) is 0 Å². The van der Waals surface area contributed by atoms with Crippen molar-refractivity contribution in [2.45, 2.75) is 33.6 Å². The zero-order valence-electron chi connectivity index (χ0n) is 11.9. The Labute approximate surface area is 114 Å². The van der Waals surface area contributed by atoms with Crippen LogP contribution in [0, 0.1) is 12.3 Å². The van der Waals surface area contributed by atoms with Gasteiger partial charge in [0, 0.05) is 17.5 Å². The average Bonchev–Trinajstić information content (AvgIpc) is 2.43. The zero-order valence-corrected chi connectivity index (χ0v) is 11.9. The summed E-state index contributed by atoms with van der Waals surface area (Å²) in [6, 6.07) is 4.77. The van der Waals surface area contributed by atoms with Gasteiger partial charge in [0.2, 0.25) is 0 Å². The second-order valence-electron chi connectivity index (χ2n) is 5.05. The molecule has 4 nitrogen and oxygen atoms in total. The molecule has 1 rings (SSSR count). The number of phenols is 1. The predicted molar refractivity (Wildman–Crippen MR) is 75.3 cm³/mol. The van der Waals surface area contributed by atoms with Crippen LogP contribution in [-0.2, 0) is 0 Å². The third kappa shape index (κ3) is 3.70. The highest BCUT2D eigenvalue weighted by molar-refractivity contribution is 5.94. The lowest BCUT2D eigenvalue weighted by atomic mass is 9.83. The Kier molecular flexibility index (Phi) is 5.36. The molecule has 0 saturated heterocycles. The second kappa shape index (κ2) is 6.57. The molecule has 0 heterocycles. The van der Waals surface area contributed by atoms with E-state index < -0.39 is 0 Å². The molecule has 4 heteroatoms. The lowest BCUT2D eigenvalue weighted by molar-refractivity contribution is 0.0851. The van der Waals surface area contributed by atoms with Crippen LogP contribution in [0.3, 0.4) is 0 Å². The van der Waals surface area contributed by atoms with Gasteiger partial charge < -0.3 is 15.5 Å². The number of aryl methyl sites for hydroxylation is 1. The van der Waals surface area contributed by atoms with Crippen molar-refractivity contribution in [1.82, 2.24) is 5.32 Å². The average molecular weight is 265 g/mol. The van der Waals surface area contributed by atoms with Gasteiger partial charge in [0.05, 0.1) is 6.61 Å². The molecule has 0 radical (unpaired) electrons. The molecule has 0 aromatic heterocycles. The van der Waals surface area contributed by atoms with Gasteiger partial charge in [0.25, 0.3) is 5.91 Å². The molecule has 3 N–H and O–H groups in total. The first-order valence-corrected chi connectivity index (χ1v) is 6.66. The largest absolute Gasteiger partial charge is 0.508 e. The number of hydrogen-bond donors (Lipinski definition) is 3. The Morgan fingerprint density at radius 1 is 1.32 bits per heavy atom. The predicted octanol–water partition coefficient (Wildman–Crippen LogP) is 2.23. The lowest BCUT2D eigenvalue weighted by Gasteiger charge is -2.29. The van der Waals surface area contributed by atoms with Crippen LogP contribution in [0.1, 0.15) is 42.6 Å². The quantitative estimate of drug-likeness (QED) is 0.738. The van der Waals surface area contributed by atoms with Gasteiger partial charge in [0.1, 0.15) is 5.75 Å². The molecule has 19 heavy (non-hydrogen) atoms. The molecule has 0 atom stereocenters. The molecule has 1 aromatic rings. The van der Waals surface area contributed by atoms with Gasteiger partial charge in [0.15, 0.2) is 0 Å². The van der Waals surface area contributed by atoms with Gasteiger partial charge in [-0.3, -0.25) is 4.79 Å². The van der Waals surface area contributed by atoms with E-state index in [-0.39, 0.29) is 23.7 Å². The van der Waals surface area contributed by atoms with Gasteiger partial charge in [-0.05, 0) is 43.5 Å². The molecule has 0 aliphatic heterocycles. The number of benzene rings is 1. The summed E-state index contributed by atoms with van der Waals surface area (Å²) in [6.45, 7) is 6.29. The lowest BCUT2D eigenvalue weighted by Crippen LogP contribution is -2.39. The van der Waals surface area contributed by atoms with Crippen LogP contribution >= 0.6 is 0 Å². The Balaban J connectivity index is 2.72. The van der Waals surface area contributed by atoms with Crippen LogP contribution in [0.25, 0.3) is 0 Å². The molecule has 0 aliphatic carbocycles. The summed E-state index contributed by atoms with van der Waals surface area (Å²) in [5, 5.41) is 21.7. The number of nitrogens with one attached hydrogen (secondary N) is 1. The van der Waals surface area contributed by atoms with Crippen LogP contribution in [-0.4, -0.2) is 29.3 Å². The number of phenolic OH excluding ortho intramolecular Hbond substituents is 1. The summed E-state index contributed by atoms with van der Waals surface area (Å²) in [5.41, 5.74) is 0.947. The van der Waals surface area contributed by atoms with E-state index in [0.717, 1.165) is 12.8 Å². The van der Waals surface area contributed by atoms with E-state index in [1.807, 2.05) is 13.8 Å². The molecule has 0 saturated carbocycles. The van der Waals surface area contributed by atoms with Crippen LogP contribution in [0.5, 0.6) is 5.75 Å². The highest BCUT2D eigenvalue weighted by atomic mass is 16.3. The van der Waals surface area contributed by atoms with Crippen molar-refractivity contribution in [3.8, 4) is 5.75 Å². The first-order valence-electron chi connectivity index (χ1n) is 6.66. The molecule has 0 spiro atoms. The molecule has 0 unspecified atom stereocenters. The summed E-state index contributed by atoms with van der Waals surface area (Å²) in [5.74, 6) is 0.00574. The fourth-order valence-corrected chi connectivity index (χ4v) is 1.95. The van der Waals surface area contributed by atoms with Gasteiger partial charge in [-0.15, -0.1) is 0 Å². The minimum Gasteiger partial charge on any atom is -0.508 e. The molecule has 0 aliphatic rings. The van der Waals surface area contributed by atoms with Gasteiger partial charge in [-0.2, -0.15) is 0 Å². The van der Waals surface area contributed by atoms with E-state index in [1.54, 1.807) is 19.1 Å². The van der Waals surface area contributed by atoms with E-state index in [2.05, 4.69) is 5.32 Å². The number of rotatable bonds is 6. The van der Waals surface area contributed by atoms with Gasteiger partial charge >= 0.3 is 0 Å².